The van der Waals surface area contributed by atoms with Crippen molar-refractivity contribution in [2.75, 3.05) is 19.4 Å². The summed E-state index contributed by atoms with van der Waals surface area (Å²) in [6.45, 7) is 2.27. The minimum atomic E-state index is -0.178. The highest BCUT2D eigenvalue weighted by molar-refractivity contribution is 5.89. The maximum absolute atomic E-state index is 12.2. The molecule has 0 aliphatic heterocycles. The minimum Gasteiger partial charge on any atom is -0.353 e. The molecule has 126 valence electrons. The van der Waals surface area contributed by atoms with Crippen LogP contribution in [-0.4, -0.2) is 37.0 Å². The third-order valence-electron chi connectivity index (χ3n) is 4.33. The molecule has 0 heterocycles. The molecule has 1 aliphatic carbocycles. The Bertz CT molecular complexity index is 549. The second-order valence-corrected chi connectivity index (χ2v) is 6.73. The number of carbonyl (C=O) groups excluding carboxylic acids is 2. The average Bonchev–Trinajstić information content (AvgIpc) is 2.49. The summed E-state index contributed by atoms with van der Waals surface area (Å²) in [4.78, 5) is 25.3. The van der Waals surface area contributed by atoms with Crippen LogP contribution in [0.15, 0.2) is 24.3 Å². The Kier molecular flexibility index (Phi) is 6.02. The molecular weight excluding hydrogens is 290 g/mol. The van der Waals surface area contributed by atoms with Crippen LogP contribution < -0.4 is 10.6 Å². The molecule has 0 spiro atoms. The van der Waals surface area contributed by atoms with Crippen LogP contribution in [0.4, 0.5) is 10.5 Å². The highest BCUT2D eigenvalue weighted by Gasteiger charge is 2.19. The molecule has 0 atom stereocenters. The van der Waals surface area contributed by atoms with Gasteiger partial charge in [0.1, 0.15) is 0 Å². The van der Waals surface area contributed by atoms with Crippen LogP contribution in [0.3, 0.4) is 0 Å². The van der Waals surface area contributed by atoms with Crippen LogP contribution in [0.5, 0.6) is 0 Å². The van der Waals surface area contributed by atoms with Crippen molar-refractivity contribution in [2.24, 2.45) is 5.92 Å². The molecule has 0 unspecified atom stereocenters. The molecular formula is C18H27N3O2. The first-order valence-corrected chi connectivity index (χ1v) is 8.30. The van der Waals surface area contributed by atoms with Crippen LogP contribution in [-0.2, 0) is 11.2 Å². The Balaban J connectivity index is 1.87. The molecule has 0 bridgehead atoms. The molecule has 2 rings (SSSR count). The summed E-state index contributed by atoms with van der Waals surface area (Å²) in [6, 6.07) is 7.58. The first-order valence-electron chi connectivity index (χ1n) is 8.30. The van der Waals surface area contributed by atoms with Gasteiger partial charge < -0.3 is 15.5 Å². The summed E-state index contributed by atoms with van der Waals surface area (Å²) in [5.41, 5.74) is 1.61. The number of hydrogen-bond acceptors (Lipinski definition) is 2. The monoisotopic (exact) mass is 317 g/mol. The van der Waals surface area contributed by atoms with Gasteiger partial charge in [-0.05, 0) is 49.3 Å². The number of nitrogens with one attached hydrogen (secondary N) is 2. The fourth-order valence-electron chi connectivity index (χ4n) is 2.86. The molecule has 1 fully saturated rings. The van der Waals surface area contributed by atoms with Gasteiger partial charge in [-0.25, -0.2) is 4.79 Å². The maximum Gasteiger partial charge on any atom is 0.321 e. The fraction of sp³-hybridized carbons (Fsp3) is 0.556. The summed E-state index contributed by atoms with van der Waals surface area (Å²) in [7, 11) is 3.38. The fourth-order valence-corrected chi connectivity index (χ4v) is 2.86. The lowest BCUT2D eigenvalue weighted by molar-refractivity contribution is -0.121. The minimum absolute atomic E-state index is 0.0561. The molecule has 0 radical (unpaired) electrons. The van der Waals surface area contributed by atoms with E-state index in [0.29, 0.717) is 18.2 Å². The standard InChI is InChI=1S/C18H27N3O2/c1-13-7-9-15(10-8-13)19-17(22)12-14-5-4-6-16(11-14)20-18(23)21(2)3/h4-6,11,13,15H,7-10,12H2,1-3H3,(H,19,22)(H,20,23). The molecule has 2 N–H and O–H groups in total. The van der Waals surface area contributed by atoms with Gasteiger partial charge in [-0.1, -0.05) is 19.1 Å². The van der Waals surface area contributed by atoms with Gasteiger partial charge in [0.05, 0.1) is 6.42 Å². The van der Waals surface area contributed by atoms with Gasteiger partial charge >= 0.3 is 6.03 Å². The summed E-state index contributed by atoms with van der Waals surface area (Å²) in [6.07, 6.45) is 4.88. The van der Waals surface area contributed by atoms with E-state index in [1.165, 1.54) is 17.7 Å². The Morgan fingerprint density at radius 2 is 1.87 bits per heavy atom. The third kappa shape index (κ3) is 5.58. The number of urea groups is 1. The molecule has 5 nitrogen and oxygen atoms in total. The van der Waals surface area contributed by atoms with Crippen molar-refractivity contribution < 1.29 is 9.59 Å². The molecule has 1 saturated carbocycles. The van der Waals surface area contributed by atoms with Crippen LogP contribution in [0.25, 0.3) is 0 Å². The maximum atomic E-state index is 12.2. The number of nitrogens with zero attached hydrogens (tertiary/aromatic N) is 1. The summed E-state index contributed by atoms with van der Waals surface area (Å²) < 4.78 is 0. The van der Waals surface area contributed by atoms with E-state index in [2.05, 4.69) is 17.6 Å². The second-order valence-electron chi connectivity index (χ2n) is 6.73. The van der Waals surface area contributed by atoms with Gasteiger partial charge in [0, 0.05) is 25.8 Å². The van der Waals surface area contributed by atoms with Gasteiger partial charge in [0.15, 0.2) is 0 Å². The van der Waals surface area contributed by atoms with E-state index in [-0.39, 0.29) is 11.9 Å². The van der Waals surface area contributed by atoms with Crippen LogP contribution >= 0.6 is 0 Å². The van der Waals surface area contributed by atoms with Gasteiger partial charge in [0.25, 0.3) is 0 Å². The number of rotatable bonds is 4. The van der Waals surface area contributed by atoms with Crippen molar-refractivity contribution in [3.63, 3.8) is 0 Å². The smallest absolute Gasteiger partial charge is 0.321 e. The second kappa shape index (κ2) is 7.99. The van der Waals surface area contributed by atoms with Gasteiger partial charge in [-0.2, -0.15) is 0 Å². The van der Waals surface area contributed by atoms with E-state index in [1.54, 1.807) is 14.1 Å². The number of benzene rings is 1. The Labute approximate surface area is 138 Å². The topological polar surface area (TPSA) is 61.4 Å². The summed E-state index contributed by atoms with van der Waals surface area (Å²) >= 11 is 0. The summed E-state index contributed by atoms with van der Waals surface area (Å²) in [5.74, 6) is 0.834. The van der Waals surface area contributed by atoms with Crippen LogP contribution in [0.2, 0.25) is 0 Å². The van der Waals surface area contributed by atoms with Crippen molar-refractivity contribution in [1.29, 1.82) is 0 Å². The lowest BCUT2D eigenvalue weighted by Crippen LogP contribution is -2.38. The van der Waals surface area contributed by atoms with Crippen LogP contribution in [0, 0.1) is 5.92 Å². The predicted molar refractivity (Wildman–Crippen MR) is 92.4 cm³/mol. The Hall–Kier alpha value is -2.04. The van der Waals surface area contributed by atoms with Crippen LogP contribution in [0.1, 0.15) is 38.2 Å². The van der Waals surface area contributed by atoms with E-state index in [0.717, 1.165) is 24.3 Å². The zero-order chi connectivity index (χ0) is 16.8. The first-order chi connectivity index (χ1) is 10.9. The van der Waals surface area contributed by atoms with Crippen molar-refractivity contribution >= 4 is 17.6 Å². The lowest BCUT2D eigenvalue weighted by atomic mass is 9.87. The van der Waals surface area contributed by atoms with Crippen molar-refractivity contribution in [3.8, 4) is 0 Å². The predicted octanol–water partition coefficient (Wildman–Crippen LogP) is 3.02. The number of anilines is 1. The molecule has 3 amide bonds. The Morgan fingerprint density at radius 1 is 1.17 bits per heavy atom. The largest absolute Gasteiger partial charge is 0.353 e. The molecule has 1 aromatic rings. The average molecular weight is 317 g/mol. The van der Waals surface area contributed by atoms with E-state index >= 15 is 0 Å². The molecule has 0 saturated heterocycles. The highest BCUT2D eigenvalue weighted by Crippen LogP contribution is 2.23. The Morgan fingerprint density at radius 3 is 2.52 bits per heavy atom. The molecule has 0 aromatic heterocycles. The lowest BCUT2D eigenvalue weighted by Gasteiger charge is -2.26. The molecule has 5 heteroatoms. The highest BCUT2D eigenvalue weighted by atomic mass is 16.2. The van der Waals surface area contributed by atoms with Crippen molar-refractivity contribution in [1.82, 2.24) is 10.2 Å². The SMILES string of the molecule is CC1CCC(NC(=O)Cc2cccc(NC(=O)N(C)C)c2)CC1. The van der Waals surface area contributed by atoms with Crippen molar-refractivity contribution in [3.05, 3.63) is 29.8 Å². The van der Waals surface area contributed by atoms with Crippen molar-refractivity contribution in [2.45, 2.75) is 45.1 Å². The third-order valence-corrected chi connectivity index (χ3v) is 4.33. The number of carbonyl (C=O) groups is 2. The molecule has 1 aromatic carbocycles. The molecule has 23 heavy (non-hydrogen) atoms. The van der Waals surface area contributed by atoms with E-state index < -0.39 is 0 Å². The summed E-state index contributed by atoms with van der Waals surface area (Å²) in [5, 5.41) is 5.93. The number of amides is 3. The number of hydrogen-bond donors (Lipinski definition) is 2. The van der Waals surface area contributed by atoms with E-state index in [1.807, 2.05) is 24.3 Å². The van der Waals surface area contributed by atoms with E-state index in [4.69, 9.17) is 0 Å². The van der Waals surface area contributed by atoms with Gasteiger partial charge in [0.2, 0.25) is 5.91 Å². The van der Waals surface area contributed by atoms with Gasteiger partial charge in [-0.15, -0.1) is 0 Å². The van der Waals surface area contributed by atoms with E-state index in [9.17, 15) is 9.59 Å². The zero-order valence-electron chi connectivity index (χ0n) is 14.3. The quantitative estimate of drug-likeness (QED) is 0.896. The zero-order valence-corrected chi connectivity index (χ0v) is 14.3. The molecule has 1 aliphatic rings. The van der Waals surface area contributed by atoms with Gasteiger partial charge in [-0.3, -0.25) is 4.79 Å². The first kappa shape index (κ1) is 17.3. The normalized spacial score (nSPS) is 20.7.